The molecule has 2 heteroatoms. The molecule has 13 heavy (non-hydrogen) atoms. The lowest BCUT2D eigenvalue weighted by Gasteiger charge is -2.39. The number of nitrogens with zero attached hydrogens (tertiary/aromatic N) is 1. The van der Waals surface area contributed by atoms with Crippen molar-refractivity contribution in [3.8, 4) is 0 Å². The van der Waals surface area contributed by atoms with Gasteiger partial charge in [0.25, 0.3) is 0 Å². The number of rotatable bonds is 2. The quantitative estimate of drug-likeness (QED) is 0.694. The molecule has 1 rings (SSSR count). The van der Waals surface area contributed by atoms with E-state index in [1.807, 2.05) is 6.20 Å². The zero-order valence-corrected chi connectivity index (χ0v) is 9.26. The van der Waals surface area contributed by atoms with Crippen molar-refractivity contribution < 1.29 is 0 Å². The van der Waals surface area contributed by atoms with Crippen LogP contribution in [0.1, 0.15) is 34.6 Å². The Kier molecular flexibility index (Phi) is 2.79. The summed E-state index contributed by atoms with van der Waals surface area (Å²) in [6, 6.07) is 0. The van der Waals surface area contributed by atoms with E-state index in [4.69, 9.17) is 0 Å². The average molecular weight is 180 g/mol. The van der Waals surface area contributed by atoms with Crippen molar-refractivity contribution >= 4 is 6.34 Å². The third kappa shape index (κ3) is 1.77. The molecular weight excluding hydrogens is 160 g/mol. The monoisotopic (exact) mass is 180 g/mol. The smallest absolute Gasteiger partial charge is 0.0885 e. The Labute approximate surface area is 81.1 Å². The average Bonchev–Trinajstić information content (AvgIpc) is 2.04. The Morgan fingerprint density at radius 1 is 1.31 bits per heavy atom. The van der Waals surface area contributed by atoms with Crippen LogP contribution < -0.4 is 5.32 Å². The van der Waals surface area contributed by atoms with E-state index < -0.39 is 0 Å². The molecule has 0 aromatic carbocycles. The van der Waals surface area contributed by atoms with Crippen LogP contribution in [-0.2, 0) is 0 Å². The molecule has 0 radical (unpaired) electrons. The second kappa shape index (κ2) is 3.52. The molecule has 0 saturated carbocycles. The van der Waals surface area contributed by atoms with Gasteiger partial charge in [-0.05, 0) is 24.3 Å². The maximum Gasteiger partial charge on any atom is 0.0885 e. The Balaban J connectivity index is 2.99. The molecule has 1 heterocycles. The van der Waals surface area contributed by atoms with Crippen LogP contribution in [0.3, 0.4) is 0 Å². The summed E-state index contributed by atoms with van der Waals surface area (Å²) in [5, 5.41) is 3.37. The lowest BCUT2D eigenvalue weighted by molar-refractivity contribution is 0.331. The lowest BCUT2D eigenvalue weighted by atomic mass is 9.76. The van der Waals surface area contributed by atoms with Gasteiger partial charge in [0.05, 0.1) is 11.9 Å². The van der Waals surface area contributed by atoms with E-state index in [0.29, 0.717) is 11.8 Å². The third-order valence-electron chi connectivity index (χ3n) is 3.03. The number of nitrogens with one attached hydrogen (secondary N) is 1. The highest BCUT2D eigenvalue weighted by Gasteiger charge is 2.34. The molecule has 1 atom stereocenters. The highest BCUT2D eigenvalue weighted by molar-refractivity contribution is 5.60. The van der Waals surface area contributed by atoms with Gasteiger partial charge in [0.15, 0.2) is 0 Å². The molecule has 0 fully saturated rings. The Bertz CT molecular complexity index is 238. The van der Waals surface area contributed by atoms with Crippen molar-refractivity contribution in [2.24, 2.45) is 16.8 Å². The summed E-state index contributed by atoms with van der Waals surface area (Å²) in [6.07, 6.45) is 3.80. The van der Waals surface area contributed by atoms with Gasteiger partial charge in [-0.15, -0.1) is 0 Å². The molecular formula is C11H20N2. The summed E-state index contributed by atoms with van der Waals surface area (Å²) in [5.74, 6) is 1.13. The van der Waals surface area contributed by atoms with Crippen molar-refractivity contribution in [3.05, 3.63) is 11.8 Å². The number of hydrogen-bond acceptors (Lipinski definition) is 2. The largest absolute Gasteiger partial charge is 0.367 e. The Hall–Kier alpha value is -0.790. The molecule has 0 amide bonds. The first-order valence-electron chi connectivity index (χ1n) is 4.98. The third-order valence-corrected chi connectivity index (χ3v) is 3.03. The minimum atomic E-state index is 0.0793. The van der Waals surface area contributed by atoms with Crippen LogP contribution in [-0.4, -0.2) is 11.9 Å². The molecule has 1 unspecified atom stereocenters. The van der Waals surface area contributed by atoms with Gasteiger partial charge in [0, 0.05) is 6.20 Å². The summed E-state index contributed by atoms with van der Waals surface area (Å²) in [5.41, 5.74) is 1.47. The van der Waals surface area contributed by atoms with Crippen LogP contribution in [0.5, 0.6) is 0 Å². The minimum absolute atomic E-state index is 0.0793. The molecule has 2 nitrogen and oxygen atoms in total. The fourth-order valence-corrected chi connectivity index (χ4v) is 1.76. The van der Waals surface area contributed by atoms with E-state index in [-0.39, 0.29) is 5.54 Å². The lowest BCUT2D eigenvalue weighted by Crippen LogP contribution is -2.50. The van der Waals surface area contributed by atoms with Crippen molar-refractivity contribution in [1.29, 1.82) is 0 Å². The number of aliphatic imine (C=N–C) groups is 1. The topological polar surface area (TPSA) is 24.4 Å². The Morgan fingerprint density at radius 3 is 2.31 bits per heavy atom. The van der Waals surface area contributed by atoms with Crippen LogP contribution in [0.2, 0.25) is 0 Å². The van der Waals surface area contributed by atoms with Crippen LogP contribution >= 0.6 is 0 Å². The van der Waals surface area contributed by atoms with E-state index in [1.165, 1.54) is 5.57 Å². The van der Waals surface area contributed by atoms with Crippen LogP contribution in [0, 0.1) is 11.8 Å². The summed E-state index contributed by atoms with van der Waals surface area (Å²) in [4.78, 5) is 4.16. The van der Waals surface area contributed by atoms with Crippen molar-refractivity contribution in [2.75, 3.05) is 0 Å². The summed E-state index contributed by atoms with van der Waals surface area (Å²) in [7, 11) is 0. The van der Waals surface area contributed by atoms with E-state index >= 15 is 0 Å². The second-order valence-corrected chi connectivity index (χ2v) is 4.52. The molecule has 1 aliphatic rings. The molecule has 0 aromatic rings. The molecule has 0 spiro atoms. The summed E-state index contributed by atoms with van der Waals surface area (Å²) >= 11 is 0. The molecule has 0 bridgehead atoms. The maximum absolute atomic E-state index is 4.16. The van der Waals surface area contributed by atoms with E-state index in [9.17, 15) is 0 Å². The van der Waals surface area contributed by atoms with Gasteiger partial charge in [-0.3, -0.25) is 0 Å². The fourth-order valence-electron chi connectivity index (χ4n) is 1.76. The van der Waals surface area contributed by atoms with Gasteiger partial charge in [-0.25, -0.2) is 4.99 Å². The van der Waals surface area contributed by atoms with Gasteiger partial charge < -0.3 is 5.32 Å². The molecule has 0 saturated heterocycles. The van der Waals surface area contributed by atoms with Crippen LogP contribution in [0.15, 0.2) is 16.8 Å². The molecule has 74 valence electrons. The van der Waals surface area contributed by atoms with E-state index in [0.717, 1.165) is 0 Å². The highest BCUT2D eigenvalue weighted by Crippen LogP contribution is 2.31. The first-order valence-corrected chi connectivity index (χ1v) is 4.98. The number of hydrogen-bond donors (Lipinski definition) is 1. The zero-order chi connectivity index (χ0) is 10.1. The highest BCUT2D eigenvalue weighted by atomic mass is 15.0. The first kappa shape index (κ1) is 10.3. The van der Waals surface area contributed by atoms with Crippen molar-refractivity contribution in [3.63, 3.8) is 0 Å². The first-order chi connectivity index (χ1) is 5.98. The Morgan fingerprint density at radius 2 is 1.92 bits per heavy atom. The normalized spacial score (nSPS) is 27.8. The van der Waals surface area contributed by atoms with Gasteiger partial charge in [-0.1, -0.05) is 27.7 Å². The van der Waals surface area contributed by atoms with Gasteiger partial charge in [0.2, 0.25) is 0 Å². The van der Waals surface area contributed by atoms with Crippen molar-refractivity contribution in [2.45, 2.75) is 40.2 Å². The van der Waals surface area contributed by atoms with Crippen molar-refractivity contribution in [1.82, 2.24) is 5.32 Å². The van der Waals surface area contributed by atoms with Crippen LogP contribution in [0.4, 0.5) is 0 Å². The molecule has 1 N–H and O–H groups in total. The second-order valence-electron chi connectivity index (χ2n) is 4.52. The van der Waals surface area contributed by atoms with E-state index in [2.05, 4.69) is 44.9 Å². The van der Waals surface area contributed by atoms with Gasteiger partial charge in [-0.2, -0.15) is 0 Å². The molecule has 0 aromatic heterocycles. The van der Waals surface area contributed by atoms with Gasteiger partial charge >= 0.3 is 0 Å². The molecule has 1 aliphatic heterocycles. The fraction of sp³-hybridized carbons (Fsp3) is 0.727. The molecule has 0 aliphatic carbocycles. The zero-order valence-electron chi connectivity index (χ0n) is 9.26. The van der Waals surface area contributed by atoms with Crippen LogP contribution in [0.25, 0.3) is 0 Å². The van der Waals surface area contributed by atoms with Gasteiger partial charge in [0.1, 0.15) is 0 Å². The summed E-state index contributed by atoms with van der Waals surface area (Å²) < 4.78 is 0. The minimum Gasteiger partial charge on any atom is -0.367 e. The summed E-state index contributed by atoms with van der Waals surface area (Å²) in [6.45, 7) is 11.2. The SMILES string of the molecule is CC(C)C1=CN=CNC1(C)C(C)C. The van der Waals surface area contributed by atoms with E-state index in [1.54, 1.807) is 6.34 Å². The predicted molar refractivity (Wildman–Crippen MR) is 57.8 cm³/mol. The predicted octanol–water partition coefficient (Wildman–Crippen LogP) is 2.57. The standard InChI is InChI=1S/C11H20N2/c1-8(2)10-6-12-7-13-11(10,5)9(3)4/h6-9H,1-5H3,(H,12,13). The maximum atomic E-state index is 4.16.